The molecule has 0 saturated carbocycles. The van der Waals surface area contributed by atoms with Gasteiger partial charge in [0.2, 0.25) is 0 Å². The minimum absolute atomic E-state index is 0.211. The zero-order chi connectivity index (χ0) is 9.97. The quantitative estimate of drug-likeness (QED) is 0.751. The SMILES string of the molecule is CC(CO)NCC1Cc2ccccc21. The Bertz CT molecular complexity index is 311. The maximum Gasteiger partial charge on any atom is 0.0581 e. The molecule has 2 nitrogen and oxygen atoms in total. The molecule has 1 aromatic carbocycles. The van der Waals surface area contributed by atoms with Crippen LogP contribution in [0.2, 0.25) is 0 Å². The van der Waals surface area contributed by atoms with Gasteiger partial charge in [-0.05, 0) is 24.5 Å². The van der Waals surface area contributed by atoms with Gasteiger partial charge in [0.25, 0.3) is 0 Å². The molecule has 0 fully saturated rings. The first-order chi connectivity index (χ1) is 6.81. The first-order valence-electron chi connectivity index (χ1n) is 5.23. The van der Waals surface area contributed by atoms with Crippen LogP contribution in [0.1, 0.15) is 24.0 Å². The molecule has 0 heterocycles. The standard InChI is InChI=1S/C12H17NO/c1-9(8-14)13-7-11-6-10-4-2-3-5-12(10)11/h2-5,9,11,13-14H,6-8H2,1H3. The Hall–Kier alpha value is -0.860. The maximum atomic E-state index is 8.87. The lowest BCUT2D eigenvalue weighted by atomic mass is 9.77. The molecule has 2 unspecified atom stereocenters. The van der Waals surface area contributed by atoms with Crippen LogP contribution in [0.25, 0.3) is 0 Å². The van der Waals surface area contributed by atoms with Gasteiger partial charge >= 0.3 is 0 Å². The molecule has 2 N–H and O–H groups in total. The second-order valence-corrected chi connectivity index (χ2v) is 4.09. The van der Waals surface area contributed by atoms with Crippen molar-refractivity contribution in [3.05, 3.63) is 35.4 Å². The fraction of sp³-hybridized carbons (Fsp3) is 0.500. The van der Waals surface area contributed by atoms with Gasteiger partial charge in [0.05, 0.1) is 6.61 Å². The van der Waals surface area contributed by atoms with Gasteiger partial charge < -0.3 is 10.4 Å². The molecule has 0 radical (unpaired) electrons. The van der Waals surface area contributed by atoms with Gasteiger partial charge in [-0.1, -0.05) is 24.3 Å². The normalized spacial score (nSPS) is 21.1. The van der Waals surface area contributed by atoms with Crippen molar-refractivity contribution in [3.63, 3.8) is 0 Å². The number of benzene rings is 1. The van der Waals surface area contributed by atoms with Crippen LogP contribution in [0, 0.1) is 0 Å². The Morgan fingerprint density at radius 1 is 1.50 bits per heavy atom. The number of nitrogens with one attached hydrogen (secondary N) is 1. The maximum absolute atomic E-state index is 8.87. The molecule has 76 valence electrons. The summed E-state index contributed by atoms with van der Waals surface area (Å²) in [6.45, 7) is 3.21. The fourth-order valence-corrected chi connectivity index (χ4v) is 1.95. The van der Waals surface area contributed by atoms with E-state index < -0.39 is 0 Å². The van der Waals surface area contributed by atoms with E-state index in [9.17, 15) is 0 Å². The van der Waals surface area contributed by atoms with E-state index in [2.05, 4.69) is 29.6 Å². The molecule has 0 aromatic heterocycles. The summed E-state index contributed by atoms with van der Waals surface area (Å²) in [6.07, 6.45) is 1.18. The number of hydrogen-bond donors (Lipinski definition) is 2. The average molecular weight is 191 g/mol. The summed E-state index contributed by atoms with van der Waals surface area (Å²) in [5.41, 5.74) is 2.96. The summed E-state index contributed by atoms with van der Waals surface area (Å²) >= 11 is 0. The van der Waals surface area contributed by atoms with E-state index in [-0.39, 0.29) is 12.6 Å². The number of hydrogen-bond acceptors (Lipinski definition) is 2. The molecular formula is C12H17NO. The highest BCUT2D eigenvalue weighted by Crippen LogP contribution is 2.33. The Balaban J connectivity index is 1.87. The van der Waals surface area contributed by atoms with Crippen molar-refractivity contribution in [2.24, 2.45) is 0 Å². The predicted octanol–water partition coefficient (Wildman–Crippen LogP) is 1.30. The molecule has 14 heavy (non-hydrogen) atoms. The lowest BCUT2D eigenvalue weighted by Crippen LogP contribution is -2.36. The monoisotopic (exact) mass is 191 g/mol. The van der Waals surface area contributed by atoms with Crippen molar-refractivity contribution in [2.75, 3.05) is 13.2 Å². The van der Waals surface area contributed by atoms with Crippen LogP contribution in [-0.4, -0.2) is 24.3 Å². The molecule has 0 aliphatic heterocycles. The number of aliphatic hydroxyl groups excluding tert-OH is 1. The Morgan fingerprint density at radius 2 is 2.29 bits per heavy atom. The van der Waals surface area contributed by atoms with Crippen LogP contribution >= 0.6 is 0 Å². The Kier molecular flexibility index (Phi) is 2.85. The van der Waals surface area contributed by atoms with Crippen LogP contribution in [0.15, 0.2) is 24.3 Å². The van der Waals surface area contributed by atoms with Crippen LogP contribution < -0.4 is 5.32 Å². The molecule has 0 amide bonds. The largest absolute Gasteiger partial charge is 0.395 e. The molecule has 2 rings (SSSR count). The Morgan fingerprint density at radius 3 is 3.00 bits per heavy atom. The van der Waals surface area contributed by atoms with Crippen LogP contribution in [0.3, 0.4) is 0 Å². The van der Waals surface area contributed by atoms with Crippen LogP contribution in [0.4, 0.5) is 0 Å². The van der Waals surface area contributed by atoms with E-state index in [1.54, 1.807) is 0 Å². The average Bonchev–Trinajstić information content (AvgIpc) is 2.19. The lowest BCUT2D eigenvalue weighted by Gasteiger charge is -2.31. The van der Waals surface area contributed by atoms with Crippen molar-refractivity contribution >= 4 is 0 Å². The highest BCUT2D eigenvalue weighted by atomic mass is 16.3. The van der Waals surface area contributed by atoms with E-state index in [1.807, 2.05) is 6.92 Å². The van der Waals surface area contributed by atoms with E-state index in [4.69, 9.17) is 5.11 Å². The third-order valence-electron chi connectivity index (χ3n) is 2.95. The van der Waals surface area contributed by atoms with Crippen molar-refractivity contribution in [3.8, 4) is 0 Å². The highest BCUT2D eigenvalue weighted by molar-refractivity contribution is 5.40. The van der Waals surface area contributed by atoms with Crippen molar-refractivity contribution < 1.29 is 5.11 Å². The van der Waals surface area contributed by atoms with Crippen molar-refractivity contribution in [1.29, 1.82) is 0 Å². The summed E-state index contributed by atoms with van der Waals surface area (Å²) < 4.78 is 0. The molecule has 1 aromatic rings. The topological polar surface area (TPSA) is 32.3 Å². The second kappa shape index (κ2) is 4.11. The smallest absolute Gasteiger partial charge is 0.0581 e. The molecule has 0 saturated heterocycles. The minimum Gasteiger partial charge on any atom is -0.395 e. The summed E-state index contributed by atoms with van der Waals surface area (Å²) in [7, 11) is 0. The number of aliphatic hydroxyl groups is 1. The van der Waals surface area contributed by atoms with Crippen molar-refractivity contribution in [2.45, 2.75) is 25.3 Å². The summed E-state index contributed by atoms with van der Waals surface area (Å²) in [5.74, 6) is 0.653. The first kappa shape index (κ1) is 9.69. The van der Waals surface area contributed by atoms with Gasteiger partial charge in [0, 0.05) is 18.5 Å². The molecule has 1 aliphatic rings. The van der Waals surface area contributed by atoms with Gasteiger partial charge in [-0.2, -0.15) is 0 Å². The number of rotatable bonds is 4. The molecule has 2 atom stereocenters. The van der Waals surface area contributed by atoms with Gasteiger partial charge in [-0.25, -0.2) is 0 Å². The molecule has 0 spiro atoms. The molecule has 2 heteroatoms. The van der Waals surface area contributed by atoms with Crippen molar-refractivity contribution in [1.82, 2.24) is 5.32 Å². The Labute approximate surface area is 85.0 Å². The number of fused-ring (bicyclic) bond motifs is 1. The zero-order valence-electron chi connectivity index (χ0n) is 8.53. The zero-order valence-corrected chi connectivity index (χ0v) is 8.53. The third kappa shape index (κ3) is 1.81. The van der Waals surface area contributed by atoms with Gasteiger partial charge in [0.1, 0.15) is 0 Å². The summed E-state index contributed by atoms with van der Waals surface area (Å²) in [5, 5.41) is 12.2. The van der Waals surface area contributed by atoms with Gasteiger partial charge in [0.15, 0.2) is 0 Å². The van der Waals surface area contributed by atoms with Gasteiger partial charge in [-0.3, -0.25) is 0 Å². The van der Waals surface area contributed by atoms with E-state index in [0.717, 1.165) is 6.54 Å². The van der Waals surface area contributed by atoms with Gasteiger partial charge in [-0.15, -0.1) is 0 Å². The van der Waals surface area contributed by atoms with E-state index in [1.165, 1.54) is 17.5 Å². The predicted molar refractivity (Wildman–Crippen MR) is 57.4 cm³/mol. The lowest BCUT2D eigenvalue weighted by molar-refractivity contribution is 0.249. The fourth-order valence-electron chi connectivity index (χ4n) is 1.95. The summed E-state index contributed by atoms with van der Waals surface area (Å²) in [6, 6.07) is 8.80. The van der Waals surface area contributed by atoms with Crippen LogP contribution in [-0.2, 0) is 6.42 Å². The minimum atomic E-state index is 0.211. The summed E-state index contributed by atoms with van der Waals surface area (Å²) in [4.78, 5) is 0. The molecule has 0 bridgehead atoms. The van der Waals surface area contributed by atoms with Crippen LogP contribution in [0.5, 0.6) is 0 Å². The van der Waals surface area contributed by atoms with E-state index >= 15 is 0 Å². The van der Waals surface area contributed by atoms with E-state index in [0.29, 0.717) is 5.92 Å². The third-order valence-corrected chi connectivity index (χ3v) is 2.95. The second-order valence-electron chi connectivity index (χ2n) is 4.09. The molecule has 1 aliphatic carbocycles. The first-order valence-corrected chi connectivity index (χ1v) is 5.23. The molecular weight excluding hydrogens is 174 g/mol. The highest BCUT2D eigenvalue weighted by Gasteiger charge is 2.24.